The van der Waals surface area contributed by atoms with Gasteiger partial charge >= 0.3 is 6.09 Å². The first-order valence-corrected chi connectivity index (χ1v) is 11.8. The van der Waals surface area contributed by atoms with Gasteiger partial charge in [-0.15, -0.1) is 0 Å². The summed E-state index contributed by atoms with van der Waals surface area (Å²) in [7, 11) is 0. The third-order valence-corrected chi connectivity index (χ3v) is 5.76. The van der Waals surface area contributed by atoms with E-state index in [1.165, 1.54) is 4.90 Å². The molecule has 35 heavy (non-hydrogen) atoms. The van der Waals surface area contributed by atoms with E-state index >= 15 is 0 Å². The number of rotatable bonds is 6. The number of aryl methyl sites for hydroxylation is 1. The third-order valence-electron chi connectivity index (χ3n) is 5.57. The molecule has 1 N–H and O–H groups in total. The van der Waals surface area contributed by atoms with E-state index in [1.807, 2.05) is 36.1 Å². The van der Waals surface area contributed by atoms with Gasteiger partial charge in [-0.3, -0.25) is 14.3 Å². The van der Waals surface area contributed by atoms with Crippen LogP contribution in [0.5, 0.6) is 0 Å². The van der Waals surface area contributed by atoms with Crippen molar-refractivity contribution in [3.05, 3.63) is 65.3 Å². The van der Waals surface area contributed by atoms with Crippen molar-refractivity contribution in [2.45, 2.75) is 39.5 Å². The quantitative estimate of drug-likeness (QED) is 0.522. The van der Waals surface area contributed by atoms with Gasteiger partial charge in [-0.05, 0) is 26.3 Å². The molecule has 1 saturated heterocycles. The number of anilines is 1. The van der Waals surface area contributed by atoms with Crippen LogP contribution in [0, 0.1) is 6.92 Å². The molecule has 1 atom stereocenters. The average molecular weight is 498 g/mol. The van der Waals surface area contributed by atoms with Gasteiger partial charge in [-0.1, -0.05) is 41.4 Å². The van der Waals surface area contributed by atoms with Crippen molar-refractivity contribution >= 4 is 29.4 Å². The molecule has 1 unspecified atom stereocenters. The Bertz CT molecular complexity index is 1170. The Morgan fingerprint density at radius 2 is 1.97 bits per heavy atom. The fourth-order valence-electron chi connectivity index (χ4n) is 3.77. The summed E-state index contributed by atoms with van der Waals surface area (Å²) in [4.78, 5) is 42.3. The predicted molar refractivity (Wildman–Crippen MR) is 132 cm³/mol. The van der Waals surface area contributed by atoms with Crippen LogP contribution in [0.3, 0.4) is 0 Å². The van der Waals surface area contributed by atoms with Crippen LogP contribution < -0.4 is 10.2 Å². The Hall–Kier alpha value is -3.66. The molecule has 0 radical (unpaired) electrons. The molecule has 2 amide bonds. The number of imidazole rings is 1. The van der Waals surface area contributed by atoms with Gasteiger partial charge in [0.15, 0.2) is 0 Å². The fraction of sp³-hybridized carbons (Fsp3) is 0.375. The van der Waals surface area contributed by atoms with Crippen LogP contribution in [-0.2, 0) is 16.1 Å². The van der Waals surface area contributed by atoms with E-state index in [2.05, 4.69) is 20.3 Å². The van der Waals surface area contributed by atoms with Crippen LogP contribution in [0.1, 0.15) is 25.0 Å². The first-order chi connectivity index (χ1) is 16.8. The lowest BCUT2D eigenvalue weighted by atomic mass is 10.1. The SMILES string of the molecule is Cc1ccc(CNC(=O)C2CN(c3cc(Cl)nc(-n4ccnc4)n3)CCN2C(=O)OC(C)C)cc1. The maximum atomic E-state index is 13.3. The second-order valence-corrected chi connectivity index (χ2v) is 9.00. The molecule has 1 aliphatic rings. The fourth-order valence-corrected chi connectivity index (χ4v) is 3.94. The van der Waals surface area contributed by atoms with Gasteiger partial charge in [0.25, 0.3) is 0 Å². The number of piperazine rings is 1. The highest BCUT2D eigenvalue weighted by Gasteiger charge is 2.37. The summed E-state index contributed by atoms with van der Waals surface area (Å²) in [5, 5.41) is 3.22. The number of benzene rings is 1. The molecule has 10 nitrogen and oxygen atoms in total. The van der Waals surface area contributed by atoms with Gasteiger partial charge < -0.3 is 15.0 Å². The molecule has 2 aromatic heterocycles. The highest BCUT2D eigenvalue weighted by atomic mass is 35.5. The van der Waals surface area contributed by atoms with Crippen LogP contribution in [0.4, 0.5) is 10.6 Å². The van der Waals surface area contributed by atoms with Crippen LogP contribution in [0.25, 0.3) is 5.95 Å². The lowest BCUT2D eigenvalue weighted by molar-refractivity contribution is -0.126. The number of nitrogens with zero attached hydrogens (tertiary/aromatic N) is 6. The first kappa shape index (κ1) is 24.5. The number of aromatic nitrogens is 4. The van der Waals surface area contributed by atoms with Crippen LogP contribution >= 0.6 is 11.6 Å². The van der Waals surface area contributed by atoms with E-state index in [4.69, 9.17) is 16.3 Å². The maximum Gasteiger partial charge on any atom is 0.410 e. The summed E-state index contributed by atoms with van der Waals surface area (Å²) in [6.07, 6.45) is 4.11. The summed E-state index contributed by atoms with van der Waals surface area (Å²) in [5.74, 6) is 0.653. The zero-order valence-corrected chi connectivity index (χ0v) is 20.6. The first-order valence-electron chi connectivity index (χ1n) is 11.4. The van der Waals surface area contributed by atoms with Crippen molar-refractivity contribution in [1.29, 1.82) is 0 Å². The van der Waals surface area contributed by atoms with Crippen molar-refractivity contribution in [3.63, 3.8) is 0 Å². The topological polar surface area (TPSA) is 105 Å². The van der Waals surface area contributed by atoms with E-state index < -0.39 is 12.1 Å². The van der Waals surface area contributed by atoms with Gasteiger partial charge in [-0.2, -0.15) is 4.98 Å². The monoisotopic (exact) mass is 497 g/mol. The Morgan fingerprint density at radius 3 is 2.66 bits per heavy atom. The molecular weight excluding hydrogens is 470 g/mol. The second kappa shape index (κ2) is 10.7. The lowest BCUT2D eigenvalue weighted by Gasteiger charge is -2.40. The normalized spacial score (nSPS) is 15.9. The Balaban J connectivity index is 1.55. The van der Waals surface area contributed by atoms with Crippen molar-refractivity contribution in [3.8, 4) is 5.95 Å². The maximum absolute atomic E-state index is 13.3. The molecule has 4 rings (SSSR count). The summed E-state index contributed by atoms with van der Waals surface area (Å²) >= 11 is 6.27. The summed E-state index contributed by atoms with van der Waals surface area (Å²) in [5.41, 5.74) is 2.12. The smallest absolute Gasteiger partial charge is 0.410 e. The number of hydrogen-bond acceptors (Lipinski definition) is 7. The van der Waals surface area contributed by atoms with Gasteiger partial charge in [0.05, 0.1) is 6.10 Å². The van der Waals surface area contributed by atoms with E-state index in [1.54, 1.807) is 43.2 Å². The molecule has 11 heteroatoms. The van der Waals surface area contributed by atoms with Crippen LogP contribution in [0.2, 0.25) is 5.15 Å². The molecule has 3 heterocycles. The zero-order chi connectivity index (χ0) is 24.9. The number of nitrogens with one attached hydrogen (secondary N) is 1. The van der Waals surface area contributed by atoms with Gasteiger partial charge in [0.1, 0.15) is 23.3 Å². The molecule has 0 bridgehead atoms. The molecular formula is C24H28ClN7O3. The van der Waals surface area contributed by atoms with Crippen molar-refractivity contribution in [2.24, 2.45) is 0 Å². The van der Waals surface area contributed by atoms with Crippen molar-refractivity contribution in [1.82, 2.24) is 29.7 Å². The lowest BCUT2D eigenvalue weighted by Crippen LogP contribution is -2.61. The summed E-state index contributed by atoms with van der Waals surface area (Å²) in [6, 6.07) is 8.79. The van der Waals surface area contributed by atoms with Gasteiger partial charge in [-0.25, -0.2) is 14.8 Å². The number of ether oxygens (including phenoxy) is 1. The Labute approximate surface area is 208 Å². The van der Waals surface area contributed by atoms with Crippen LogP contribution in [-0.4, -0.2) is 68.2 Å². The number of halogens is 1. The van der Waals surface area contributed by atoms with E-state index in [-0.39, 0.29) is 30.3 Å². The number of amides is 2. The predicted octanol–water partition coefficient (Wildman–Crippen LogP) is 2.98. The van der Waals surface area contributed by atoms with E-state index in [0.717, 1.165) is 11.1 Å². The summed E-state index contributed by atoms with van der Waals surface area (Å²) < 4.78 is 7.06. The molecule has 1 fully saturated rings. The zero-order valence-electron chi connectivity index (χ0n) is 19.9. The second-order valence-electron chi connectivity index (χ2n) is 8.61. The molecule has 0 aliphatic carbocycles. The Morgan fingerprint density at radius 1 is 1.20 bits per heavy atom. The minimum Gasteiger partial charge on any atom is -0.447 e. The largest absolute Gasteiger partial charge is 0.447 e. The van der Waals surface area contributed by atoms with Gasteiger partial charge in [0.2, 0.25) is 11.9 Å². The minimum absolute atomic E-state index is 0.226. The molecule has 0 saturated carbocycles. The van der Waals surface area contributed by atoms with E-state index in [9.17, 15) is 9.59 Å². The van der Waals surface area contributed by atoms with Crippen molar-refractivity contribution in [2.75, 3.05) is 24.5 Å². The highest BCUT2D eigenvalue weighted by molar-refractivity contribution is 6.29. The standard InChI is InChI=1S/C24H28ClN7O3/c1-16(2)35-24(34)32-11-10-30(21-12-20(25)28-23(29-21)31-9-8-26-15-31)14-19(32)22(33)27-13-18-6-4-17(3)5-7-18/h4-9,12,15-16,19H,10-11,13-14H2,1-3H3,(H,27,33). The highest BCUT2D eigenvalue weighted by Crippen LogP contribution is 2.22. The molecule has 1 aromatic carbocycles. The van der Waals surface area contributed by atoms with Crippen LogP contribution in [0.15, 0.2) is 49.1 Å². The third kappa shape index (κ3) is 6.07. The summed E-state index contributed by atoms with van der Waals surface area (Å²) in [6.45, 7) is 6.88. The number of carbonyl (C=O) groups excluding carboxylic acids is 2. The molecule has 1 aliphatic heterocycles. The van der Waals surface area contributed by atoms with E-state index in [0.29, 0.717) is 24.9 Å². The van der Waals surface area contributed by atoms with Crippen molar-refractivity contribution < 1.29 is 14.3 Å². The molecule has 0 spiro atoms. The molecule has 184 valence electrons. The average Bonchev–Trinajstić information content (AvgIpc) is 3.37. The molecule has 3 aromatic rings. The Kier molecular flexibility index (Phi) is 7.50. The number of hydrogen-bond donors (Lipinski definition) is 1. The van der Waals surface area contributed by atoms with Gasteiger partial charge in [0, 0.05) is 44.6 Å². The minimum atomic E-state index is -0.772. The number of carbonyl (C=O) groups is 2.